The van der Waals surface area contributed by atoms with E-state index >= 15 is 0 Å². The SMILES string of the molecule is CCC1(c2ccccc2)CNCCN1C(=O)O. The van der Waals surface area contributed by atoms with Crippen LogP contribution in [-0.2, 0) is 5.54 Å². The highest BCUT2D eigenvalue weighted by Gasteiger charge is 2.41. The molecule has 0 aromatic heterocycles. The molecule has 1 atom stereocenters. The molecule has 1 aliphatic heterocycles. The summed E-state index contributed by atoms with van der Waals surface area (Å²) in [6, 6.07) is 9.88. The Bertz CT molecular complexity index is 394. The van der Waals surface area contributed by atoms with Gasteiger partial charge in [-0.2, -0.15) is 0 Å². The van der Waals surface area contributed by atoms with Gasteiger partial charge in [0.05, 0.1) is 5.54 Å². The normalized spacial score (nSPS) is 24.6. The zero-order valence-corrected chi connectivity index (χ0v) is 10.0. The molecule has 92 valence electrons. The molecule has 17 heavy (non-hydrogen) atoms. The van der Waals surface area contributed by atoms with Crippen LogP contribution in [0, 0.1) is 0 Å². The summed E-state index contributed by atoms with van der Waals surface area (Å²) in [5, 5.41) is 12.7. The van der Waals surface area contributed by atoms with Gasteiger partial charge in [0.2, 0.25) is 0 Å². The van der Waals surface area contributed by atoms with Crippen molar-refractivity contribution in [3.05, 3.63) is 35.9 Å². The van der Waals surface area contributed by atoms with E-state index in [-0.39, 0.29) is 0 Å². The molecule has 0 spiro atoms. The average molecular weight is 234 g/mol. The molecule has 1 fully saturated rings. The summed E-state index contributed by atoms with van der Waals surface area (Å²) in [6.45, 7) is 3.98. The molecule has 1 heterocycles. The predicted molar refractivity (Wildman–Crippen MR) is 66.0 cm³/mol. The summed E-state index contributed by atoms with van der Waals surface area (Å²) >= 11 is 0. The Morgan fingerprint density at radius 3 is 2.76 bits per heavy atom. The lowest BCUT2D eigenvalue weighted by Crippen LogP contribution is -2.60. The Kier molecular flexibility index (Phi) is 3.33. The Balaban J connectivity index is 2.43. The summed E-state index contributed by atoms with van der Waals surface area (Å²) in [6.07, 6.45) is -0.0618. The van der Waals surface area contributed by atoms with E-state index in [1.165, 1.54) is 0 Å². The molecule has 1 aliphatic rings. The smallest absolute Gasteiger partial charge is 0.408 e. The Hall–Kier alpha value is -1.55. The molecule has 1 aromatic carbocycles. The van der Waals surface area contributed by atoms with Gasteiger partial charge in [-0.15, -0.1) is 0 Å². The van der Waals surface area contributed by atoms with E-state index in [1.54, 1.807) is 4.90 Å². The third kappa shape index (κ3) is 2.00. The van der Waals surface area contributed by atoms with E-state index < -0.39 is 11.6 Å². The Labute approximate surface area is 101 Å². The maximum atomic E-state index is 11.4. The number of amides is 1. The maximum absolute atomic E-state index is 11.4. The highest BCUT2D eigenvalue weighted by atomic mass is 16.4. The number of hydrogen-bond donors (Lipinski definition) is 2. The number of piperazine rings is 1. The Morgan fingerprint density at radius 2 is 2.18 bits per heavy atom. The highest BCUT2D eigenvalue weighted by Crippen LogP contribution is 2.33. The standard InChI is InChI=1S/C13H18N2O2/c1-2-13(11-6-4-3-5-7-11)10-14-8-9-15(13)12(16)17/h3-7,14H,2,8-10H2,1H3,(H,16,17). The first kappa shape index (κ1) is 11.9. The van der Waals surface area contributed by atoms with Gasteiger partial charge < -0.3 is 10.4 Å². The van der Waals surface area contributed by atoms with Gasteiger partial charge in [0.25, 0.3) is 0 Å². The minimum atomic E-state index is -0.836. The number of carboxylic acid groups (broad SMARTS) is 1. The molecule has 0 radical (unpaired) electrons. The quantitative estimate of drug-likeness (QED) is 0.821. The summed E-state index contributed by atoms with van der Waals surface area (Å²) in [5.41, 5.74) is 0.642. The number of hydrogen-bond acceptors (Lipinski definition) is 2. The van der Waals surface area contributed by atoms with Crippen LogP contribution in [0.3, 0.4) is 0 Å². The van der Waals surface area contributed by atoms with Gasteiger partial charge in [0.15, 0.2) is 0 Å². The van der Waals surface area contributed by atoms with Crippen LogP contribution in [0.15, 0.2) is 30.3 Å². The van der Waals surface area contributed by atoms with Crippen molar-refractivity contribution in [1.82, 2.24) is 10.2 Å². The number of benzene rings is 1. The van der Waals surface area contributed by atoms with E-state index in [0.29, 0.717) is 13.1 Å². The van der Waals surface area contributed by atoms with Crippen molar-refractivity contribution in [2.75, 3.05) is 19.6 Å². The van der Waals surface area contributed by atoms with Crippen molar-refractivity contribution in [3.8, 4) is 0 Å². The monoisotopic (exact) mass is 234 g/mol. The van der Waals surface area contributed by atoms with Crippen molar-refractivity contribution in [3.63, 3.8) is 0 Å². The van der Waals surface area contributed by atoms with Crippen molar-refractivity contribution >= 4 is 6.09 Å². The molecule has 0 bridgehead atoms. The van der Waals surface area contributed by atoms with Crippen LogP contribution >= 0.6 is 0 Å². The van der Waals surface area contributed by atoms with Gasteiger partial charge in [-0.1, -0.05) is 37.3 Å². The number of carbonyl (C=O) groups is 1. The zero-order chi connectivity index (χ0) is 12.3. The third-order valence-corrected chi connectivity index (χ3v) is 3.57. The molecule has 1 saturated heterocycles. The van der Waals surface area contributed by atoms with Gasteiger partial charge in [0, 0.05) is 19.6 Å². The van der Waals surface area contributed by atoms with Gasteiger partial charge in [-0.25, -0.2) is 4.79 Å². The van der Waals surface area contributed by atoms with Crippen LogP contribution in [-0.4, -0.2) is 35.7 Å². The highest BCUT2D eigenvalue weighted by molar-refractivity contribution is 5.67. The fourth-order valence-corrected chi connectivity index (χ4v) is 2.60. The van der Waals surface area contributed by atoms with Crippen molar-refractivity contribution in [1.29, 1.82) is 0 Å². The largest absolute Gasteiger partial charge is 0.465 e. The summed E-state index contributed by atoms with van der Waals surface area (Å²) in [4.78, 5) is 13.0. The van der Waals surface area contributed by atoms with Crippen molar-refractivity contribution in [2.24, 2.45) is 0 Å². The second-order valence-electron chi connectivity index (χ2n) is 4.36. The van der Waals surface area contributed by atoms with Gasteiger partial charge in [-0.3, -0.25) is 4.90 Å². The molecule has 4 heteroatoms. The number of rotatable bonds is 2. The van der Waals surface area contributed by atoms with Crippen molar-refractivity contribution in [2.45, 2.75) is 18.9 Å². The fraction of sp³-hybridized carbons (Fsp3) is 0.462. The van der Waals surface area contributed by atoms with Gasteiger partial charge in [-0.05, 0) is 12.0 Å². The summed E-state index contributed by atoms with van der Waals surface area (Å²) < 4.78 is 0. The number of nitrogens with zero attached hydrogens (tertiary/aromatic N) is 1. The Morgan fingerprint density at radius 1 is 1.47 bits per heavy atom. The summed E-state index contributed by atoms with van der Waals surface area (Å²) in [7, 11) is 0. The van der Waals surface area contributed by atoms with E-state index in [4.69, 9.17) is 0 Å². The van der Waals surface area contributed by atoms with Crippen LogP contribution in [0.2, 0.25) is 0 Å². The second kappa shape index (κ2) is 4.75. The molecular formula is C13H18N2O2. The zero-order valence-electron chi connectivity index (χ0n) is 10.0. The molecule has 2 N–H and O–H groups in total. The minimum Gasteiger partial charge on any atom is -0.465 e. The predicted octanol–water partition coefficient (Wildman–Crippen LogP) is 1.88. The molecular weight excluding hydrogens is 216 g/mol. The van der Waals surface area contributed by atoms with E-state index in [2.05, 4.69) is 5.32 Å². The molecule has 1 aromatic rings. The third-order valence-electron chi connectivity index (χ3n) is 3.57. The second-order valence-corrected chi connectivity index (χ2v) is 4.36. The lowest BCUT2D eigenvalue weighted by molar-refractivity contribution is 0.0516. The van der Waals surface area contributed by atoms with E-state index in [9.17, 15) is 9.90 Å². The lowest BCUT2D eigenvalue weighted by Gasteiger charge is -2.46. The summed E-state index contributed by atoms with van der Waals surface area (Å²) in [5.74, 6) is 0. The van der Waals surface area contributed by atoms with Gasteiger partial charge >= 0.3 is 6.09 Å². The van der Waals surface area contributed by atoms with E-state index in [1.807, 2.05) is 37.3 Å². The van der Waals surface area contributed by atoms with Crippen LogP contribution in [0.5, 0.6) is 0 Å². The van der Waals surface area contributed by atoms with E-state index in [0.717, 1.165) is 18.5 Å². The minimum absolute atomic E-state index is 0.425. The van der Waals surface area contributed by atoms with Gasteiger partial charge in [0.1, 0.15) is 0 Å². The lowest BCUT2D eigenvalue weighted by atomic mass is 9.84. The van der Waals surface area contributed by atoms with Crippen LogP contribution in [0.1, 0.15) is 18.9 Å². The first-order chi connectivity index (χ1) is 8.20. The molecule has 0 aliphatic carbocycles. The first-order valence-electron chi connectivity index (χ1n) is 5.97. The average Bonchev–Trinajstić information content (AvgIpc) is 2.39. The molecule has 0 saturated carbocycles. The molecule has 4 nitrogen and oxygen atoms in total. The maximum Gasteiger partial charge on any atom is 0.408 e. The molecule has 2 rings (SSSR count). The topological polar surface area (TPSA) is 52.6 Å². The first-order valence-corrected chi connectivity index (χ1v) is 5.97. The molecule has 1 unspecified atom stereocenters. The van der Waals surface area contributed by atoms with Crippen LogP contribution in [0.4, 0.5) is 4.79 Å². The van der Waals surface area contributed by atoms with Crippen molar-refractivity contribution < 1.29 is 9.90 Å². The fourth-order valence-electron chi connectivity index (χ4n) is 2.60. The molecule has 1 amide bonds. The van der Waals surface area contributed by atoms with Crippen LogP contribution < -0.4 is 5.32 Å². The number of nitrogens with one attached hydrogen (secondary N) is 1. The van der Waals surface area contributed by atoms with Crippen LogP contribution in [0.25, 0.3) is 0 Å².